The number of pyridine rings is 1. The zero-order valence-corrected chi connectivity index (χ0v) is 18.4. The van der Waals surface area contributed by atoms with Crippen molar-refractivity contribution in [1.29, 1.82) is 0 Å². The molecule has 31 heavy (non-hydrogen) atoms. The fourth-order valence-electron chi connectivity index (χ4n) is 3.01. The highest BCUT2D eigenvalue weighted by molar-refractivity contribution is 7.99. The first-order chi connectivity index (χ1) is 15.1. The SMILES string of the molecule is Cc1ccc(NC(=O)CSc2nnc(-c3cccnc3)n2Cc2ccccc2)cc1Cl. The molecule has 0 aliphatic rings. The van der Waals surface area contributed by atoms with Crippen molar-refractivity contribution in [3.8, 4) is 11.4 Å². The molecule has 6 nitrogen and oxygen atoms in total. The van der Waals surface area contributed by atoms with Gasteiger partial charge in [-0.2, -0.15) is 0 Å². The summed E-state index contributed by atoms with van der Waals surface area (Å²) in [6, 6.07) is 19.3. The number of halogens is 1. The van der Waals surface area contributed by atoms with Gasteiger partial charge in [0.15, 0.2) is 11.0 Å². The molecule has 1 N–H and O–H groups in total. The molecular formula is C23H20ClN5OS. The summed E-state index contributed by atoms with van der Waals surface area (Å²) < 4.78 is 2.01. The molecule has 4 aromatic rings. The highest BCUT2D eigenvalue weighted by atomic mass is 35.5. The van der Waals surface area contributed by atoms with Crippen molar-refractivity contribution in [3.63, 3.8) is 0 Å². The van der Waals surface area contributed by atoms with Crippen LogP contribution in [0, 0.1) is 6.92 Å². The zero-order chi connectivity index (χ0) is 21.6. The lowest BCUT2D eigenvalue weighted by Gasteiger charge is -2.11. The largest absolute Gasteiger partial charge is 0.325 e. The van der Waals surface area contributed by atoms with Gasteiger partial charge in [-0.05, 0) is 42.3 Å². The highest BCUT2D eigenvalue weighted by Gasteiger charge is 2.16. The third-order valence-electron chi connectivity index (χ3n) is 4.61. The van der Waals surface area contributed by atoms with E-state index >= 15 is 0 Å². The van der Waals surface area contributed by atoms with Crippen molar-refractivity contribution in [1.82, 2.24) is 19.7 Å². The maximum Gasteiger partial charge on any atom is 0.234 e. The van der Waals surface area contributed by atoms with Crippen LogP contribution >= 0.6 is 23.4 Å². The average Bonchev–Trinajstić information content (AvgIpc) is 3.18. The third kappa shape index (κ3) is 5.31. The number of benzene rings is 2. The van der Waals surface area contributed by atoms with E-state index in [2.05, 4.69) is 32.6 Å². The second-order valence-corrected chi connectivity index (χ2v) is 8.27. The van der Waals surface area contributed by atoms with Crippen LogP contribution in [0.15, 0.2) is 78.2 Å². The van der Waals surface area contributed by atoms with Gasteiger partial charge in [0.1, 0.15) is 0 Å². The Hall–Kier alpha value is -3.16. The Morgan fingerprint density at radius 1 is 1.10 bits per heavy atom. The molecule has 0 spiro atoms. The maximum absolute atomic E-state index is 12.5. The molecule has 0 fully saturated rings. The molecule has 156 valence electrons. The van der Waals surface area contributed by atoms with E-state index in [4.69, 9.17) is 11.6 Å². The smallest absolute Gasteiger partial charge is 0.234 e. The maximum atomic E-state index is 12.5. The number of nitrogens with zero attached hydrogens (tertiary/aromatic N) is 4. The minimum Gasteiger partial charge on any atom is -0.325 e. The van der Waals surface area contributed by atoms with Crippen LogP contribution in [0.5, 0.6) is 0 Å². The van der Waals surface area contributed by atoms with Gasteiger partial charge in [0.25, 0.3) is 0 Å². The van der Waals surface area contributed by atoms with E-state index in [0.29, 0.717) is 28.2 Å². The molecule has 0 atom stereocenters. The van der Waals surface area contributed by atoms with Crippen molar-refractivity contribution >= 4 is 35.0 Å². The summed E-state index contributed by atoms with van der Waals surface area (Å²) in [6.45, 7) is 2.51. The number of aromatic nitrogens is 4. The Morgan fingerprint density at radius 2 is 1.94 bits per heavy atom. The van der Waals surface area contributed by atoms with Gasteiger partial charge >= 0.3 is 0 Å². The summed E-state index contributed by atoms with van der Waals surface area (Å²) in [6.07, 6.45) is 3.48. The van der Waals surface area contributed by atoms with Gasteiger partial charge in [0.2, 0.25) is 5.91 Å². The highest BCUT2D eigenvalue weighted by Crippen LogP contribution is 2.25. The minimum absolute atomic E-state index is 0.137. The van der Waals surface area contributed by atoms with Gasteiger partial charge in [-0.15, -0.1) is 10.2 Å². The van der Waals surface area contributed by atoms with E-state index in [-0.39, 0.29) is 11.7 Å². The number of amides is 1. The van der Waals surface area contributed by atoms with Gasteiger partial charge in [0.05, 0.1) is 12.3 Å². The van der Waals surface area contributed by atoms with Crippen LogP contribution in [0.3, 0.4) is 0 Å². The molecule has 2 heterocycles. The lowest BCUT2D eigenvalue weighted by molar-refractivity contribution is -0.113. The molecule has 4 rings (SSSR count). The molecule has 0 radical (unpaired) electrons. The van der Waals surface area contributed by atoms with Crippen molar-refractivity contribution < 1.29 is 4.79 Å². The van der Waals surface area contributed by atoms with E-state index in [9.17, 15) is 4.79 Å². The second-order valence-electron chi connectivity index (χ2n) is 6.92. The van der Waals surface area contributed by atoms with Gasteiger partial charge < -0.3 is 5.32 Å². The van der Waals surface area contributed by atoms with Crippen LogP contribution in [0.1, 0.15) is 11.1 Å². The van der Waals surface area contributed by atoms with Crippen LogP contribution in [-0.2, 0) is 11.3 Å². The number of rotatable bonds is 7. The number of hydrogen-bond acceptors (Lipinski definition) is 5. The summed E-state index contributed by atoms with van der Waals surface area (Å²) in [5.41, 5.74) is 3.62. The van der Waals surface area contributed by atoms with E-state index in [0.717, 1.165) is 16.7 Å². The van der Waals surface area contributed by atoms with E-state index in [1.165, 1.54) is 11.8 Å². The second kappa shape index (κ2) is 9.76. The van der Waals surface area contributed by atoms with E-state index < -0.39 is 0 Å². The molecule has 0 saturated heterocycles. The third-order valence-corrected chi connectivity index (χ3v) is 5.98. The Kier molecular flexibility index (Phi) is 6.64. The standard InChI is InChI=1S/C23H20ClN5OS/c1-16-9-10-19(12-20(16)24)26-21(30)15-31-23-28-27-22(18-8-5-11-25-13-18)29(23)14-17-6-3-2-4-7-17/h2-13H,14-15H2,1H3,(H,26,30). The summed E-state index contributed by atoms with van der Waals surface area (Å²) in [5.74, 6) is 0.776. The van der Waals surface area contributed by atoms with Crippen LogP contribution < -0.4 is 5.32 Å². The number of carbonyl (C=O) groups is 1. The van der Waals surface area contributed by atoms with Crippen LogP contribution in [0.4, 0.5) is 5.69 Å². The molecule has 0 aliphatic heterocycles. The summed E-state index contributed by atoms with van der Waals surface area (Å²) in [7, 11) is 0. The van der Waals surface area contributed by atoms with Gasteiger partial charge in [0, 0.05) is 28.7 Å². The number of hydrogen-bond donors (Lipinski definition) is 1. The van der Waals surface area contributed by atoms with Gasteiger partial charge in [-0.25, -0.2) is 0 Å². The monoisotopic (exact) mass is 449 g/mol. The Balaban J connectivity index is 1.52. The predicted octanol–water partition coefficient (Wildman–Crippen LogP) is 5.08. The van der Waals surface area contributed by atoms with Crippen LogP contribution in [0.2, 0.25) is 5.02 Å². The Morgan fingerprint density at radius 3 is 2.68 bits per heavy atom. The van der Waals surface area contributed by atoms with E-state index in [1.807, 2.05) is 54.0 Å². The molecule has 2 aromatic heterocycles. The summed E-state index contributed by atoms with van der Waals surface area (Å²) in [4.78, 5) is 16.7. The van der Waals surface area contributed by atoms with E-state index in [1.54, 1.807) is 18.5 Å². The van der Waals surface area contributed by atoms with Crippen molar-refractivity contribution in [3.05, 3.63) is 89.2 Å². The predicted molar refractivity (Wildman–Crippen MR) is 124 cm³/mol. The normalized spacial score (nSPS) is 10.8. The first-order valence-electron chi connectivity index (χ1n) is 9.66. The Labute approximate surface area is 189 Å². The Bertz CT molecular complexity index is 1180. The molecule has 2 aromatic carbocycles. The molecule has 1 amide bonds. The molecular weight excluding hydrogens is 430 g/mol. The first-order valence-corrected chi connectivity index (χ1v) is 11.0. The number of thioether (sulfide) groups is 1. The topological polar surface area (TPSA) is 72.7 Å². The summed E-state index contributed by atoms with van der Waals surface area (Å²) >= 11 is 7.49. The molecule has 8 heteroatoms. The fourth-order valence-corrected chi connectivity index (χ4v) is 3.93. The van der Waals surface area contributed by atoms with Crippen LogP contribution in [0.25, 0.3) is 11.4 Å². The number of anilines is 1. The lowest BCUT2D eigenvalue weighted by atomic mass is 10.2. The number of nitrogens with one attached hydrogen (secondary N) is 1. The first kappa shape index (κ1) is 21.1. The molecule has 0 unspecified atom stereocenters. The summed E-state index contributed by atoms with van der Waals surface area (Å²) in [5, 5.41) is 12.9. The minimum atomic E-state index is -0.137. The van der Waals surface area contributed by atoms with Crippen LogP contribution in [-0.4, -0.2) is 31.4 Å². The molecule has 0 aliphatic carbocycles. The van der Waals surface area contributed by atoms with Crippen molar-refractivity contribution in [2.24, 2.45) is 0 Å². The van der Waals surface area contributed by atoms with Crippen molar-refractivity contribution in [2.45, 2.75) is 18.6 Å². The molecule has 0 saturated carbocycles. The molecule has 0 bridgehead atoms. The number of aryl methyl sites for hydroxylation is 1. The quantitative estimate of drug-likeness (QED) is 0.398. The lowest BCUT2D eigenvalue weighted by Crippen LogP contribution is -2.15. The van der Waals surface area contributed by atoms with Gasteiger partial charge in [-0.3, -0.25) is 14.3 Å². The van der Waals surface area contributed by atoms with Crippen molar-refractivity contribution in [2.75, 3.05) is 11.1 Å². The fraction of sp³-hybridized carbons (Fsp3) is 0.130. The average molecular weight is 450 g/mol. The van der Waals surface area contributed by atoms with Gasteiger partial charge in [-0.1, -0.05) is 59.8 Å². The number of carbonyl (C=O) groups excluding carboxylic acids is 1. The zero-order valence-electron chi connectivity index (χ0n) is 16.8.